The van der Waals surface area contributed by atoms with E-state index >= 15 is 0 Å². The molecule has 0 amide bonds. The zero-order valence-corrected chi connectivity index (χ0v) is 11.4. The second kappa shape index (κ2) is 5.95. The first kappa shape index (κ1) is 15.0. The molecule has 1 N–H and O–H groups in total. The summed E-state index contributed by atoms with van der Waals surface area (Å²) in [6.45, 7) is 0. The Kier molecular flexibility index (Phi) is 4.48. The molecule has 2 rings (SSSR count). The normalized spacial score (nSPS) is 27.7. The third kappa shape index (κ3) is 2.87. The van der Waals surface area contributed by atoms with E-state index in [1.807, 2.05) is 0 Å². The first-order valence-corrected chi connectivity index (χ1v) is 6.70. The minimum Gasteiger partial charge on any atom is -0.389 e. The molecule has 1 atom stereocenters. The smallest absolute Gasteiger partial charge is 0.145 e. The molecule has 1 aliphatic rings. The Hall–Kier alpha value is -1.36. The maximum Gasteiger partial charge on any atom is 0.145 e. The van der Waals surface area contributed by atoms with Crippen molar-refractivity contribution in [2.75, 3.05) is 0 Å². The Bertz CT molecular complexity index is 540. The van der Waals surface area contributed by atoms with Crippen molar-refractivity contribution in [1.82, 2.24) is 0 Å². The van der Waals surface area contributed by atoms with Gasteiger partial charge in [-0.15, -0.1) is 0 Å². The van der Waals surface area contributed by atoms with Crippen LogP contribution in [0.5, 0.6) is 0 Å². The van der Waals surface area contributed by atoms with Crippen LogP contribution in [0.4, 0.5) is 8.78 Å². The molecule has 1 unspecified atom stereocenters. The second-order valence-electron chi connectivity index (χ2n) is 5.03. The van der Waals surface area contributed by atoms with Crippen molar-refractivity contribution >= 4 is 11.6 Å². The lowest BCUT2D eigenvalue weighted by atomic mass is 9.76. The van der Waals surface area contributed by atoms with Crippen LogP contribution in [0.3, 0.4) is 0 Å². The van der Waals surface area contributed by atoms with Crippen molar-refractivity contribution in [3.05, 3.63) is 45.0 Å². The molecular weight excluding hydrogens is 288 g/mol. The Morgan fingerprint density at radius 1 is 1.45 bits per heavy atom. The molecule has 0 aliphatic heterocycles. The van der Waals surface area contributed by atoms with Crippen molar-refractivity contribution in [1.29, 1.82) is 0 Å². The third-order valence-corrected chi connectivity index (χ3v) is 4.03. The van der Waals surface area contributed by atoms with E-state index in [9.17, 15) is 13.9 Å². The van der Waals surface area contributed by atoms with Crippen LogP contribution >= 0.6 is 11.6 Å². The van der Waals surface area contributed by atoms with Gasteiger partial charge in [-0.25, -0.2) is 8.78 Å². The van der Waals surface area contributed by atoms with Crippen LogP contribution in [-0.4, -0.2) is 16.9 Å². The largest absolute Gasteiger partial charge is 0.389 e. The van der Waals surface area contributed by atoms with Gasteiger partial charge in [-0.05, 0) is 37.3 Å². The van der Waals surface area contributed by atoms with Crippen LogP contribution in [0.15, 0.2) is 23.3 Å². The van der Waals surface area contributed by atoms with Gasteiger partial charge in [0.25, 0.3) is 0 Å². The van der Waals surface area contributed by atoms with Gasteiger partial charge in [-0.2, -0.15) is 0 Å². The zero-order chi connectivity index (χ0) is 14.8. The summed E-state index contributed by atoms with van der Waals surface area (Å²) in [6, 6.07) is 3.19. The topological polar surface area (TPSA) is 69.0 Å². The molecule has 1 saturated carbocycles. The number of azide groups is 1. The van der Waals surface area contributed by atoms with Crippen LogP contribution in [0.2, 0.25) is 5.02 Å². The van der Waals surface area contributed by atoms with Gasteiger partial charge in [0, 0.05) is 10.5 Å². The minimum atomic E-state index is -1.44. The summed E-state index contributed by atoms with van der Waals surface area (Å²) >= 11 is 5.71. The van der Waals surface area contributed by atoms with Gasteiger partial charge in [0.15, 0.2) is 0 Å². The molecule has 4 nitrogen and oxygen atoms in total. The van der Waals surface area contributed by atoms with E-state index in [0.717, 1.165) is 0 Å². The van der Waals surface area contributed by atoms with Gasteiger partial charge < -0.3 is 5.11 Å². The van der Waals surface area contributed by atoms with Crippen LogP contribution in [0.25, 0.3) is 10.4 Å². The molecule has 0 spiro atoms. The number of alkyl halides is 1. The maximum absolute atomic E-state index is 14.1. The molecule has 1 aromatic rings. The average molecular weight is 302 g/mol. The van der Waals surface area contributed by atoms with Crippen molar-refractivity contribution in [3.63, 3.8) is 0 Å². The van der Waals surface area contributed by atoms with Gasteiger partial charge >= 0.3 is 0 Å². The van der Waals surface area contributed by atoms with Crippen LogP contribution < -0.4 is 0 Å². The number of hydrogen-bond acceptors (Lipinski definition) is 2. The van der Waals surface area contributed by atoms with E-state index in [1.54, 1.807) is 0 Å². The molecule has 1 fully saturated rings. The third-order valence-electron chi connectivity index (χ3n) is 3.73. The van der Waals surface area contributed by atoms with Gasteiger partial charge in [0.05, 0.1) is 16.7 Å². The quantitative estimate of drug-likeness (QED) is 0.499. The number of rotatable bonds is 3. The standard InChI is InChI=1S/C13H14ClF2N3O/c14-10-3-1-2-9(11(10)16)12(18-19-17)13(20)6-4-8(15)5-7-13/h1-3,8,12,20H,4-7H2. The molecule has 0 heterocycles. The fourth-order valence-electron chi connectivity index (χ4n) is 2.60. The lowest BCUT2D eigenvalue weighted by Crippen LogP contribution is -2.40. The monoisotopic (exact) mass is 301 g/mol. The van der Waals surface area contributed by atoms with Crippen LogP contribution in [0.1, 0.15) is 37.3 Å². The molecule has 0 bridgehead atoms. The van der Waals surface area contributed by atoms with Gasteiger partial charge in [0.1, 0.15) is 12.0 Å². The molecule has 1 aromatic carbocycles. The lowest BCUT2D eigenvalue weighted by Gasteiger charge is -2.38. The van der Waals surface area contributed by atoms with E-state index in [-0.39, 0.29) is 36.3 Å². The number of nitrogens with zero attached hydrogens (tertiary/aromatic N) is 3. The Morgan fingerprint density at radius 3 is 2.70 bits per heavy atom. The zero-order valence-electron chi connectivity index (χ0n) is 10.6. The Labute approximate surface area is 120 Å². The highest BCUT2D eigenvalue weighted by Crippen LogP contribution is 2.43. The second-order valence-corrected chi connectivity index (χ2v) is 5.44. The fraction of sp³-hybridized carbons (Fsp3) is 0.538. The lowest BCUT2D eigenvalue weighted by molar-refractivity contribution is -0.0369. The van der Waals surface area contributed by atoms with Crippen LogP contribution in [-0.2, 0) is 0 Å². The highest BCUT2D eigenvalue weighted by atomic mass is 35.5. The first-order chi connectivity index (χ1) is 9.48. The van der Waals surface area contributed by atoms with Gasteiger partial charge in [0.2, 0.25) is 0 Å². The molecule has 20 heavy (non-hydrogen) atoms. The first-order valence-electron chi connectivity index (χ1n) is 6.32. The van der Waals surface area contributed by atoms with Crippen molar-refractivity contribution < 1.29 is 13.9 Å². The Balaban J connectivity index is 2.41. The van der Waals surface area contributed by atoms with E-state index in [1.165, 1.54) is 18.2 Å². The number of hydrogen-bond donors (Lipinski definition) is 1. The SMILES string of the molecule is [N-]=[N+]=NC(c1cccc(Cl)c1F)C1(O)CCC(F)CC1. The predicted molar refractivity (Wildman–Crippen MR) is 71.6 cm³/mol. The van der Waals surface area contributed by atoms with E-state index in [2.05, 4.69) is 10.0 Å². The number of benzene rings is 1. The summed E-state index contributed by atoms with van der Waals surface area (Å²) in [5.74, 6) is -0.720. The number of halogens is 3. The maximum atomic E-state index is 14.1. The summed E-state index contributed by atoms with van der Waals surface area (Å²) in [4.78, 5) is 2.68. The predicted octanol–water partition coefficient (Wildman–Crippen LogP) is 4.47. The molecule has 108 valence electrons. The minimum absolute atomic E-state index is 0.0371. The van der Waals surface area contributed by atoms with Gasteiger partial charge in [-0.3, -0.25) is 0 Å². The average Bonchev–Trinajstić information content (AvgIpc) is 2.43. The summed E-state index contributed by atoms with van der Waals surface area (Å²) in [5.41, 5.74) is 7.27. The molecule has 7 heteroatoms. The van der Waals surface area contributed by atoms with Crippen molar-refractivity contribution in [2.24, 2.45) is 5.11 Å². The van der Waals surface area contributed by atoms with E-state index in [4.69, 9.17) is 17.1 Å². The summed E-state index contributed by atoms with van der Waals surface area (Å²) < 4.78 is 27.3. The summed E-state index contributed by atoms with van der Waals surface area (Å²) in [7, 11) is 0. The Morgan fingerprint density at radius 2 is 2.10 bits per heavy atom. The van der Waals surface area contributed by atoms with Crippen molar-refractivity contribution in [3.8, 4) is 0 Å². The molecular formula is C13H14ClF2N3O. The highest BCUT2D eigenvalue weighted by Gasteiger charge is 2.42. The molecule has 0 saturated heterocycles. The number of aliphatic hydroxyl groups is 1. The van der Waals surface area contributed by atoms with Crippen molar-refractivity contribution in [2.45, 2.75) is 43.5 Å². The fourth-order valence-corrected chi connectivity index (χ4v) is 2.78. The summed E-state index contributed by atoms with van der Waals surface area (Å²) in [5, 5.41) is 14.0. The van der Waals surface area contributed by atoms with Crippen LogP contribution in [0, 0.1) is 5.82 Å². The molecule has 0 aromatic heterocycles. The van der Waals surface area contributed by atoms with Gasteiger partial charge in [-0.1, -0.05) is 28.8 Å². The van der Waals surface area contributed by atoms with E-state index in [0.29, 0.717) is 0 Å². The highest BCUT2D eigenvalue weighted by molar-refractivity contribution is 6.30. The molecule has 0 radical (unpaired) electrons. The van der Waals surface area contributed by atoms with E-state index < -0.39 is 23.6 Å². The summed E-state index contributed by atoms with van der Waals surface area (Å²) in [6.07, 6.45) is -0.425. The molecule has 1 aliphatic carbocycles.